The van der Waals surface area contributed by atoms with E-state index in [-0.39, 0.29) is 0 Å². The largest absolute Gasteiger partial charge is 0.494 e. The van der Waals surface area contributed by atoms with Gasteiger partial charge in [-0.05, 0) is 31.9 Å². The lowest BCUT2D eigenvalue weighted by Crippen LogP contribution is -1.93. The smallest absolute Gasteiger partial charge is 0.114 e. The standard InChI is InChI=1S/C13H23BrO/c1-3-13(4-2)15-12-10-8-6-5-7-9-11-14/h3-4H,1,5-12H2,2H3/b13-4+. The summed E-state index contributed by atoms with van der Waals surface area (Å²) in [5, 5.41) is 1.14. The van der Waals surface area contributed by atoms with Crippen molar-refractivity contribution in [3.63, 3.8) is 0 Å². The molecule has 0 aromatic rings. The average molecular weight is 275 g/mol. The van der Waals surface area contributed by atoms with Crippen LogP contribution in [0.5, 0.6) is 0 Å². The molecule has 0 saturated heterocycles. The lowest BCUT2D eigenvalue weighted by molar-refractivity contribution is 0.216. The van der Waals surface area contributed by atoms with Crippen molar-refractivity contribution in [3.8, 4) is 0 Å². The molecule has 0 aliphatic heterocycles. The van der Waals surface area contributed by atoms with Crippen LogP contribution in [0.15, 0.2) is 24.5 Å². The number of alkyl halides is 1. The van der Waals surface area contributed by atoms with Gasteiger partial charge in [-0.1, -0.05) is 48.2 Å². The van der Waals surface area contributed by atoms with Crippen molar-refractivity contribution in [2.45, 2.75) is 45.4 Å². The zero-order valence-electron chi connectivity index (χ0n) is 9.80. The van der Waals surface area contributed by atoms with Crippen molar-refractivity contribution in [2.75, 3.05) is 11.9 Å². The number of halogens is 1. The molecule has 0 unspecified atom stereocenters. The first-order chi connectivity index (χ1) is 7.35. The van der Waals surface area contributed by atoms with E-state index in [0.29, 0.717) is 0 Å². The van der Waals surface area contributed by atoms with Crippen molar-refractivity contribution in [3.05, 3.63) is 24.5 Å². The maximum atomic E-state index is 5.50. The van der Waals surface area contributed by atoms with Gasteiger partial charge in [0.25, 0.3) is 0 Å². The van der Waals surface area contributed by atoms with Gasteiger partial charge in [0, 0.05) is 5.33 Å². The van der Waals surface area contributed by atoms with Crippen LogP contribution in [-0.2, 0) is 4.74 Å². The van der Waals surface area contributed by atoms with Gasteiger partial charge in [-0.3, -0.25) is 0 Å². The fourth-order valence-corrected chi connectivity index (χ4v) is 1.75. The fraction of sp³-hybridized carbons (Fsp3) is 0.692. The van der Waals surface area contributed by atoms with Gasteiger partial charge in [-0.15, -0.1) is 0 Å². The predicted octanol–water partition coefficient (Wildman–Crippen LogP) is 4.83. The number of hydrogen-bond acceptors (Lipinski definition) is 1. The second kappa shape index (κ2) is 11.8. The summed E-state index contributed by atoms with van der Waals surface area (Å²) >= 11 is 3.44. The van der Waals surface area contributed by atoms with Crippen LogP contribution < -0.4 is 0 Å². The molecule has 0 saturated carbocycles. The first-order valence-corrected chi connectivity index (χ1v) is 6.94. The molecule has 0 aromatic heterocycles. The highest BCUT2D eigenvalue weighted by molar-refractivity contribution is 9.09. The zero-order chi connectivity index (χ0) is 11.4. The molecule has 0 amide bonds. The highest BCUT2D eigenvalue weighted by Gasteiger charge is 1.93. The van der Waals surface area contributed by atoms with Crippen molar-refractivity contribution < 1.29 is 4.74 Å². The molecule has 0 N–H and O–H groups in total. The molecule has 0 radical (unpaired) electrons. The Morgan fingerprint density at radius 1 is 1.13 bits per heavy atom. The van der Waals surface area contributed by atoms with Gasteiger partial charge < -0.3 is 4.74 Å². The highest BCUT2D eigenvalue weighted by atomic mass is 79.9. The normalized spacial score (nSPS) is 11.5. The van der Waals surface area contributed by atoms with Gasteiger partial charge >= 0.3 is 0 Å². The van der Waals surface area contributed by atoms with Crippen molar-refractivity contribution >= 4 is 15.9 Å². The van der Waals surface area contributed by atoms with E-state index in [1.165, 1.54) is 32.1 Å². The Morgan fingerprint density at radius 3 is 2.27 bits per heavy atom. The van der Waals surface area contributed by atoms with Gasteiger partial charge in [0.15, 0.2) is 0 Å². The first kappa shape index (κ1) is 14.8. The molecule has 0 rings (SSSR count). The molecule has 0 bridgehead atoms. The lowest BCUT2D eigenvalue weighted by atomic mass is 10.1. The van der Waals surface area contributed by atoms with Crippen LogP contribution in [0, 0.1) is 0 Å². The Hall–Kier alpha value is -0.240. The summed E-state index contributed by atoms with van der Waals surface area (Å²) in [6.07, 6.45) is 11.5. The molecule has 0 heterocycles. The van der Waals surface area contributed by atoms with E-state index >= 15 is 0 Å². The summed E-state index contributed by atoms with van der Waals surface area (Å²) in [4.78, 5) is 0. The van der Waals surface area contributed by atoms with Crippen LogP contribution in [0.1, 0.15) is 45.4 Å². The third-order valence-electron chi connectivity index (χ3n) is 2.28. The van der Waals surface area contributed by atoms with E-state index in [2.05, 4.69) is 22.5 Å². The van der Waals surface area contributed by atoms with Crippen LogP contribution in [0.4, 0.5) is 0 Å². The third kappa shape index (κ3) is 10.1. The van der Waals surface area contributed by atoms with Gasteiger partial charge in [-0.2, -0.15) is 0 Å². The van der Waals surface area contributed by atoms with Crippen LogP contribution in [0.2, 0.25) is 0 Å². The molecule has 0 fully saturated rings. The van der Waals surface area contributed by atoms with Crippen LogP contribution in [-0.4, -0.2) is 11.9 Å². The minimum atomic E-state index is 0.824. The van der Waals surface area contributed by atoms with Crippen LogP contribution in [0.25, 0.3) is 0 Å². The lowest BCUT2D eigenvalue weighted by Gasteiger charge is -2.05. The summed E-state index contributed by atoms with van der Waals surface area (Å²) in [7, 11) is 0. The van der Waals surface area contributed by atoms with E-state index in [1.54, 1.807) is 6.08 Å². The van der Waals surface area contributed by atoms with E-state index in [9.17, 15) is 0 Å². The van der Waals surface area contributed by atoms with Crippen molar-refractivity contribution in [1.29, 1.82) is 0 Å². The van der Waals surface area contributed by atoms with E-state index in [0.717, 1.165) is 24.1 Å². The Balaban J connectivity index is 3.14. The Labute approximate surface area is 103 Å². The first-order valence-electron chi connectivity index (χ1n) is 5.82. The van der Waals surface area contributed by atoms with Gasteiger partial charge in [-0.25, -0.2) is 0 Å². The highest BCUT2D eigenvalue weighted by Crippen LogP contribution is 2.07. The van der Waals surface area contributed by atoms with E-state index < -0.39 is 0 Å². The monoisotopic (exact) mass is 274 g/mol. The number of allylic oxidation sites excluding steroid dienone is 2. The van der Waals surface area contributed by atoms with Gasteiger partial charge in [0.05, 0.1) is 6.61 Å². The second-order valence-corrected chi connectivity index (χ2v) is 4.35. The quantitative estimate of drug-likeness (QED) is 0.240. The fourth-order valence-electron chi connectivity index (χ4n) is 1.35. The van der Waals surface area contributed by atoms with Crippen LogP contribution >= 0.6 is 15.9 Å². The molecule has 0 atom stereocenters. The number of rotatable bonds is 10. The van der Waals surface area contributed by atoms with Crippen molar-refractivity contribution in [2.24, 2.45) is 0 Å². The summed E-state index contributed by atoms with van der Waals surface area (Å²) in [6, 6.07) is 0. The molecule has 88 valence electrons. The van der Waals surface area contributed by atoms with Crippen molar-refractivity contribution in [1.82, 2.24) is 0 Å². The summed E-state index contributed by atoms with van der Waals surface area (Å²) in [6.45, 7) is 6.48. The van der Waals surface area contributed by atoms with Gasteiger partial charge in [0.2, 0.25) is 0 Å². The average Bonchev–Trinajstić information content (AvgIpc) is 2.27. The maximum absolute atomic E-state index is 5.50. The van der Waals surface area contributed by atoms with Gasteiger partial charge in [0.1, 0.15) is 5.76 Å². The molecule has 0 aliphatic carbocycles. The van der Waals surface area contributed by atoms with Crippen LogP contribution in [0.3, 0.4) is 0 Å². The summed E-state index contributed by atoms with van der Waals surface area (Å²) < 4.78 is 5.50. The number of unbranched alkanes of at least 4 members (excludes halogenated alkanes) is 5. The summed E-state index contributed by atoms with van der Waals surface area (Å²) in [5.41, 5.74) is 0. The van der Waals surface area contributed by atoms with E-state index in [1.807, 2.05) is 13.0 Å². The molecule has 0 spiro atoms. The number of ether oxygens (including phenoxy) is 1. The minimum absolute atomic E-state index is 0.824. The Morgan fingerprint density at radius 2 is 1.73 bits per heavy atom. The third-order valence-corrected chi connectivity index (χ3v) is 2.84. The molecule has 0 aromatic carbocycles. The number of hydrogen-bond donors (Lipinski definition) is 0. The second-order valence-electron chi connectivity index (χ2n) is 3.55. The molecule has 15 heavy (non-hydrogen) atoms. The maximum Gasteiger partial charge on any atom is 0.114 e. The molecule has 2 heteroatoms. The molecular formula is C13H23BrO. The molecular weight excluding hydrogens is 252 g/mol. The van der Waals surface area contributed by atoms with E-state index in [4.69, 9.17) is 4.74 Å². The Bertz CT molecular complexity index is 175. The minimum Gasteiger partial charge on any atom is -0.494 e. The zero-order valence-corrected chi connectivity index (χ0v) is 11.4. The summed E-state index contributed by atoms with van der Waals surface area (Å²) in [5.74, 6) is 0.897. The topological polar surface area (TPSA) is 9.23 Å². The molecule has 0 aliphatic rings. The Kier molecular flexibility index (Phi) is 11.6. The predicted molar refractivity (Wildman–Crippen MR) is 71.4 cm³/mol. The molecule has 1 nitrogen and oxygen atoms in total. The SMILES string of the molecule is C=C/C(=C\C)OCCCCCCCCBr.